The Bertz CT molecular complexity index is 110. The van der Waals surface area contributed by atoms with Gasteiger partial charge < -0.3 is 0 Å². The predicted molar refractivity (Wildman–Crippen MR) is 30.1 cm³/mol. The van der Waals surface area contributed by atoms with Crippen LogP contribution in [0.25, 0.3) is 0 Å². The van der Waals surface area contributed by atoms with Crippen LogP contribution in [-0.2, 0) is 0 Å². The lowest BCUT2D eigenvalue weighted by atomic mass is 10.2. The van der Waals surface area contributed by atoms with Gasteiger partial charge in [0.2, 0.25) is 0 Å². The van der Waals surface area contributed by atoms with Crippen LogP contribution in [0.5, 0.6) is 0 Å². The highest BCUT2D eigenvalue weighted by molar-refractivity contribution is 5.06. The molecule has 0 unspecified atom stereocenters. The van der Waals surface area contributed by atoms with Crippen molar-refractivity contribution in [2.24, 2.45) is 0 Å². The Hall–Kier alpha value is -0.470. The molecule has 0 aliphatic heterocycles. The highest BCUT2D eigenvalue weighted by Crippen LogP contribution is 2.27. The van der Waals surface area contributed by atoms with Crippen LogP contribution >= 0.6 is 0 Å². The highest BCUT2D eigenvalue weighted by atomic mass is 19.4. The Morgan fingerprint density at radius 1 is 1.44 bits per heavy atom. The Kier molecular flexibility index (Phi) is 2.74. The Morgan fingerprint density at radius 3 is 1.89 bits per heavy atom. The van der Waals surface area contributed by atoms with E-state index in [1.165, 1.54) is 13.8 Å². The summed E-state index contributed by atoms with van der Waals surface area (Å²) < 4.78 is 35.0. The fraction of sp³-hybridized carbons (Fsp3) is 0.667. The van der Waals surface area contributed by atoms with E-state index >= 15 is 0 Å². The van der Waals surface area contributed by atoms with Crippen molar-refractivity contribution in [3.63, 3.8) is 0 Å². The maximum absolute atomic E-state index is 11.7. The van der Waals surface area contributed by atoms with Gasteiger partial charge in [-0.15, -0.1) is 0 Å². The number of hydrogen-bond acceptors (Lipinski definition) is 0. The van der Waals surface area contributed by atoms with Crippen molar-refractivity contribution >= 4 is 0 Å². The van der Waals surface area contributed by atoms with E-state index in [1.54, 1.807) is 0 Å². The molecule has 0 radical (unpaired) electrons. The third-order valence-electron chi connectivity index (χ3n) is 1.09. The summed E-state index contributed by atoms with van der Waals surface area (Å²) in [7, 11) is 0. The van der Waals surface area contributed by atoms with Gasteiger partial charge in [0.25, 0.3) is 0 Å². The van der Waals surface area contributed by atoms with Gasteiger partial charge >= 0.3 is 6.18 Å². The van der Waals surface area contributed by atoms with E-state index in [1.807, 2.05) is 0 Å². The topological polar surface area (TPSA) is 0 Å². The minimum atomic E-state index is -4.12. The molecule has 0 nitrogen and oxygen atoms in total. The molecule has 0 aromatic rings. The van der Waals surface area contributed by atoms with Crippen molar-refractivity contribution in [1.82, 2.24) is 0 Å². The van der Waals surface area contributed by atoms with Crippen LogP contribution in [0.1, 0.15) is 20.3 Å². The number of hydrogen-bond donors (Lipinski definition) is 0. The van der Waals surface area contributed by atoms with E-state index in [0.717, 1.165) is 6.08 Å². The number of rotatable bonds is 1. The first-order valence-electron chi connectivity index (χ1n) is 2.74. The first-order valence-corrected chi connectivity index (χ1v) is 2.74. The Balaban J connectivity index is 4.14. The van der Waals surface area contributed by atoms with Gasteiger partial charge in [0.1, 0.15) is 0 Å². The minimum absolute atomic E-state index is 0.0556. The molecule has 0 aliphatic carbocycles. The molecular formula is C6H9F3. The molecule has 0 saturated carbocycles. The lowest BCUT2D eigenvalue weighted by Crippen LogP contribution is -2.10. The molecule has 0 fully saturated rings. The molecule has 54 valence electrons. The minimum Gasteiger partial charge on any atom is -0.166 e. The molecule has 0 aromatic heterocycles. The summed E-state index contributed by atoms with van der Waals surface area (Å²) in [6.07, 6.45) is -2.97. The van der Waals surface area contributed by atoms with Crippen molar-refractivity contribution in [2.45, 2.75) is 26.4 Å². The Morgan fingerprint density at radius 2 is 1.89 bits per heavy atom. The molecule has 0 atom stereocenters. The van der Waals surface area contributed by atoms with Crippen LogP contribution in [0.4, 0.5) is 13.2 Å². The monoisotopic (exact) mass is 138 g/mol. The van der Waals surface area contributed by atoms with Gasteiger partial charge in [-0.3, -0.25) is 0 Å². The molecule has 0 heterocycles. The zero-order valence-corrected chi connectivity index (χ0v) is 5.42. The lowest BCUT2D eigenvalue weighted by Gasteiger charge is -2.07. The van der Waals surface area contributed by atoms with Gasteiger partial charge in [-0.1, -0.05) is 13.0 Å². The van der Waals surface area contributed by atoms with Gasteiger partial charge in [0, 0.05) is 5.57 Å². The van der Waals surface area contributed by atoms with Gasteiger partial charge in [-0.2, -0.15) is 13.2 Å². The smallest absolute Gasteiger partial charge is 0.166 e. The van der Waals surface area contributed by atoms with Crippen molar-refractivity contribution in [3.8, 4) is 0 Å². The highest BCUT2D eigenvalue weighted by Gasteiger charge is 2.30. The summed E-state index contributed by atoms with van der Waals surface area (Å²) in [4.78, 5) is 0. The summed E-state index contributed by atoms with van der Waals surface area (Å²) in [5, 5.41) is 0. The van der Waals surface area contributed by atoms with E-state index in [4.69, 9.17) is 0 Å². The first kappa shape index (κ1) is 8.53. The second kappa shape index (κ2) is 2.90. The van der Waals surface area contributed by atoms with Gasteiger partial charge in [-0.25, -0.2) is 0 Å². The van der Waals surface area contributed by atoms with Crippen LogP contribution in [0.15, 0.2) is 11.6 Å². The quantitative estimate of drug-likeness (QED) is 0.489. The lowest BCUT2D eigenvalue weighted by molar-refractivity contribution is -0.0936. The number of alkyl halides is 3. The summed E-state index contributed by atoms with van der Waals surface area (Å²) in [5.74, 6) is 0. The third-order valence-corrected chi connectivity index (χ3v) is 1.09. The van der Waals surface area contributed by atoms with Gasteiger partial charge in [0.05, 0.1) is 0 Å². The average Bonchev–Trinajstić information content (AvgIpc) is 1.65. The number of halogens is 3. The summed E-state index contributed by atoms with van der Waals surface area (Å²) in [6.45, 7) is 2.88. The standard InChI is InChI=1S/C6H9F3/c1-3-5(4-2)6(7,8)9/h3H,4H2,1-2H3. The van der Waals surface area contributed by atoms with Crippen LogP contribution in [0, 0.1) is 0 Å². The molecule has 0 spiro atoms. The summed E-state index contributed by atoms with van der Waals surface area (Å²) >= 11 is 0. The maximum Gasteiger partial charge on any atom is 0.412 e. The molecule has 9 heavy (non-hydrogen) atoms. The molecular weight excluding hydrogens is 129 g/mol. The van der Waals surface area contributed by atoms with Gasteiger partial charge in [-0.05, 0) is 13.3 Å². The normalized spacial score (nSPS) is 14.1. The van der Waals surface area contributed by atoms with Crippen LogP contribution in [0.2, 0.25) is 0 Å². The average molecular weight is 138 g/mol. The molecule has 0 aliphatic rings. The second-order valence-corrected chi connectivity index (χ2v) is 1.67. The van der Waals surface area contributed by atoms with Gasteiger partial charge in [0.15, 0.2) is 0 Å². The molecule has 0 aromatic carbocycles. The largest absolute Gasteiger partial charge is 0.412 e. The molecule has 0 N–H and O–H groups in total. The van der Waals surface area contributed by atoms with Crippen molar-refractivity contribution < 1.29 is 13.2 Å². The summed E-state index contributed by atoms with van der Waals surface area (Å²) in [6, 6.07) is 0. The first-order chi connectivity index (χ1) is 4.02. The van der Waals surface area contributed by atoms with E-state index in [-0.39, 0.29) is 6.42 Å². The molecule has 0 saturated heterocycles. The predicted octanol–water partition coefficient (Wildman–Crippen LogP) is 2.91. The van der Waals surface area contributed by atoms with E-state index in [0.29, 0.717) is 0 Å². The van der Waals surface area contributed by atoms with Crippen molar-refractivity contribution in [2.75, 3.05) is 0 Å². The molecule has 0 bridgehead atoms. The molecule has 3 heteroatoms. The fourth-order valence-corrected chi connectivity index (χ4v) is 0.568. The van der Waals surface area contributed by atoms with Crippen LogP contribution < -0.4 is 0 Å². The van der Waals surface area contributed by atoms with Crippen LogP contribution in [-0.4, -0.2) is 6.18 Å². The van der Waals surface area contributed by atoms with Crippen LogP contribution in [0.3, 0.4) is 0 Å². The van der Waals surface area contributed by atoms with E-state index < -0.39 is 11.7 Å². The van der Waals surface area contributed by atoms with E-state index in [2.05, 4.69) is 0 Å². The third kappa shape index (κ3) is 2.54. The van der Waals surface area contributed by atoms with Crippen molar-refractivity contribution in [3.05, 3.63) is 11.6 Å². The zero-order chi connectivity index (χ0) is 7.49. The van der Waals surface area contributed by atoms with Crippen molar-refractivity contribution in [1.29, 1.82) is 0 Å². The molecule has 0 amide bonds. The zero-order valence-electron chi connectivity index (χ0n) is 5.42. The number of allylic oxidation sites excluding steroid dienone is 2. The Labute approximate surface area is 52.4 Å². The molecule has 0 rings (SSSR count). The van der Waals surface area contributed by atoms with E-state index in [9.17, 15) is 13.2 Å². The fourth-order valence-electron chi connectivity index (χ4n) is 0.568. The maximum atomic E-state index is 11.7. The summed E-state index contributed by atoms with van der Waals surface area (Å²) in [5.41, 5.74) is -0.456. The second-order valence-electron chi connectivity index (χ2n) is 1.67. The SMILES string of the molecule is CC=C(CC)C(F)(F)F.